The molecule has 102 valence electrons. The summed E-state index contributed by atoms with van der Waals surface area (Å²) < 4.78 is 12.9. The number of anilines is 1. The molecule has 0 radical (unpaired) electrons. The zero-order valence-electron chi connectivity index (χ0n) is 11.1. The summed E-state index contributed by atoms with van der Waals surface area (Å²) in [4.78, 5) is 13.9. The molecule has 0 bridgehead atoms. The van der Waals surface area contributed by atoms with Gasteiger partial charge in [0.15, 0.2) is 0 Å². The first-order valence-electron chi connectivity index (χ1n) is 6.48. The number of aryl methyl sites for hydroxylation is 1. The molecule has 0 fully saturated rings. The van der Waals surface area contributed by atoms with Gasteiger partial charge in [-0.3, -0.25) is 4.79 Å². The lowest BCUT2D eigenvalue weighted by molar-refractivity contribution is -0.119. The minimum Gasteiger partial charge on any atom is -0.316 e. The van der Waals surface area contributed by atoms with Crippen molar-refractivity contribution < 1.29 is 9.18 Å². The third kappa shape index (κ3) is 2.08. The summed E-state index contributed by atoms with van der Waals surface area (Å²) >= 11 is 0. The number of amides is 1. The van der Waals surface area contributed by atoms with Crippen LogP contribution in [0.5, 0.6) is 0 Å². The molecule has 0 aromatic heterocycles. The van der Waals surface area contributed by atoms with Crippen LogP contribution in [0.4, 0.5) is 10.1 Å². The lowest BCUT2D eigenvalue weighted by atomic mass is 10.1. The first-order chi connectivity index (χ1) is 9.56. The number of rotatable bonds is 2. The molecule has 1 aliphatic heterocycles. The molecule has 3 nitrogen and oxygen atoms in total. The van der Waals surface area contributed by atoms with E-state index in [0.29, 0.717) is 6.54 Å². The van der Waals surface area contributed by atoms with E-state index in [2.05, 4.69) is 0 Å². The third-order valence-corrected chi connectivity index (χ3v) is 3.59. The van der Waals surface area contributed by atoms with Gasteiger partial charge in [0.1, 0.15) is 11.9 Å². The van der Waals surface area contributed by atoms with E-state index in [1.54, 1.807) is 17.0 Å². The Kier molecular flexibility index (Phi) is 3.03. The Labute approximate surface area is 116 Å². The standard InChI is InChI=1S/C16H15FN2O/c1-10-2-7-14-13(8-10)15(18)16(20)19(14)9-11-3-5-12(17)6-4-11/h2-8,15H,9,18H2,1H3/t15-/m0/s1. The SMILES string of the molecule is Cc1ccc2c(c1)[C@H](N)C(=O)N2Cc1ccc(F)cc1. The number of nitrogens with two attached hydrogens (primary N) is 1. The van der Waals surface area contributed by atoms with Gasteiger partial charge in [-0.15, -0.1) is 0 Å². The molecule has 2 aromatic rings. The molecule has 1 heterocycles. The number of nitrogens with zero attached hydrogens (tertiary/aromatic N) is 1. The van der Waals surface area contributed by atoms with Crippen LogP contribution in [-0.4, -0.2) is 5.91 Å². The van der Waals surface area contributed by atoms with Gasteiger partial charge in [-0.05, 0) is 30.7 Å². The van der Waals surface area contributed by atoms with E-state index >= 15 is 0 Å². The van der Waals surface area contributed by atoms with Crippen molar-refractivity contribution in [2.45, 2.75) is 19.5 Å². The zero-order valence-corrected chi connectivity index (χ0v) is 11.1. The Bertz CT molecular complexity index is 667. The molecule has 0 saturated heterocycles. The van der Waals surface area contributed by atoms with E-state index in [4.69, 9.17) is 5.73 Å². The molecule has 1 atom stereocenters. The third-order valence-electron chi connectivity index (χ3n) is 3.59. The highest BCUT2D eigenvalue weighted by Gasteiger charge is 2.34. The van der Waals surface area contributed by atoms with Crippen molar-refractivity contribution in [3.8, 4) is 0 Å². The van der Waals surface area contributed by atoms with E-state index in [1.165, 1.54) is 12.1 Å². The first-order valence-corrected chi connectivity index (χ1v) is 6.48. The zero-order chi connectivity index (χ0) is 14.3. The molecular formula is C16H15FN2O. The number of halogens is 1. The van der Waals surface area contributed by atoms with Crippen molar-refractivity contribution in [3.05, 3.63) is 65.0 Å². The van der Waals surface area contributed by atoms with Gasteiger partial charge in [-0.1, -0.05) is 29.8 Å². The molecule has 1 amide bonds. The topological polar surface area (TPSA) is 46.3 Å². The summed E-state index contributed by atoms with van der Waals surface area (Å²) in [6, 6.07) is 11.4. The number of fused-ring (bicyclic) bond motifs is 1. The minimum atomic E-state index is -0.606. The van der Waals surface area contributed by atoms with Crippen molar-refractivity contribution in [3.63, 3.8) is 0 Å². The molecular weight excluding hydrogens is 255 g/mol. The highest BCUT2D eigenvalue weighted by molar-refractivity contribution is 6.04. The van der Waals surface area contributed by atoms with Gasteiger partial charge in [0.2, 0.25) is 5.91 Å². The molecule has 0 spiro atoms. The maximum atomic E-state index is 12.9. The summed E-state index contributed by atoms with van der Waals surface area (Å²) in [6.45, 7) is 2.38. The van der Waals surface area contributed by atoms with Gasteiger partial charge in [0.05, 0.1) is 6.54 Å². The van der Waals surface area contributed by atoms with E-state index in [9.17, 15) is 9.18 Å². The van der Waals surface area contributed by atoms with Crippen LogP contribution in [0.25, 0.3) is 0 Å². The number of benzene rings is 2. The Balaban J connectivity index is 1.95. The second-order valence-corrected chi connectivity index (χ2v) is 5.09. The Morgan fingerprint density at radius 3 is 2.60 bits per heavy atom. The molecule has 1 aliphatic rings. The van der Waals surface area contributed by atoms with E-state index in [-0.39, 0.29) is 11.7 Å². The van der Waals surface area contributed by atoms with Crippen molar-refractivity contribution in [2.75, 3.05) is 4.90 Å². The number of hydrogen-bond donors (Lipinski definition) is 1. The molecule has 3 rings (SSSR count). The van der Waals surface area contributed by atoms with Gasteiger partial charge in [0, 0.05) is 11.3 Å². The maximum absolute atomic E-state index is 12.9. The quantitative estimate of drug-likeness (QED) is 0.912. The minimum absolute atomic E-state index is 0.116. The monoisotopic (exact) mass is 270 g/mol. The predicted molar refractivity (Wildman–Crippen MR) is 75.7 cm³/mol. The Hall–Kier alpha value is -2.20. The predicted octanol–water partition coefficient (Wildman–Crippen LogP) is 2.68. The first kappa shape index (κ1) is 12.8. The molecule has 0 saturated carbocycles. The van der Waals surface area contributed by atoms with Gasteiger partial charge in [0.25, 0.3) is 0 Å². The van der Waals surface area contributed by atoms with Crippen molar-refractivity contribution in [1.29, 1.82) is 0 Å². The van der Waals surface area contributed by atoms with Crippen LogP contribution in [-0.2, 0) is 11.3 Å². The van der Waals surface area contributed by atoms with Crippen LogP contribution in [0, 0.1) is 12.7 Å². The smallest absolute Gasteiger partial charge is 0.248 e. The summed E-state index contributed by atoms with van der Waals surface area (Å²) in [6.07, 6.45) is 0. The number of carbonyl (C=O) groups excluding carboxylic acids is 1. The average Bonchev–Trinajstić information content (AvgIpc) is 2.66. The van der Waals surface area contributed by atoms with Crippen LogP contribution in [0.1, 0.15) is 22.7 Å². The van der Waals surface area contributed by atoms with Crippen LogP contribution in [0.3, 0.4) is 0 Å². The van der Waals surface area contributed by atoms with Gasteiger partial charge in [-0.2, -0.15) is 0 Å². The number of carbonyl (C=O) groups is 1. The lowest BCUT2D eigenvalue weighted by Gasteiger charge is -2.17. The van der Waals surface area contributed by atoms with Crippen LogP contribution < -0.4 is 10.6 Å². The fourth-order valence-electron chi connectivity index (χ4n) is 2.52. The second-order valence-electron chi connectivity index (χ2n) is 5.09. The van der Waals surface area contributed by atoms with Crippen LogP contribution >= 0.6 is 0 Å². The summed E-state index contributed by atoms with van der Waals surface area (Å²) in [5.74, 6) is -0.399. The molecule has 4 heteroatoms. The van der Waals surface area contributed by atoms with Crippen molar-refractivity contribution in [1.82, 2.24) is 0 Å². The summed E-state index contributed by atoms with van der Waals surface area (Å²) in [5.41, 5.74) is 9.63. The van der Waals surface area contributed by atoms with E-state index in [1.807, 2.05) is 25.1 Å². The molecule has 20 heavy (non-hydrogen) atoms. The normalized spacial score (nSPS) is 17.4. The largest absolute Gasteiger partial charge is 0.316 e. The van der Waals surface area contributed by atoms with Crippen LogP contribution in [0.2, 0.25) is 0 Å². The Morgan fingerprint density at radius 2 is 1.90 bits per heavy atom. The maximum Gasteiger partial charge on any atom is 0.248 e. The molecule has 2 aromatic carbocycles. The fraction of sp³-hybridized carbons (Fsp3) is 0.188. The average molecular weight is 270 g/mol. The molecule has 2 N–H and O–H groups in total. The highest BCUT2D eigenvalue weighted by atomic mass is 19.1. The lowest BCUT2D eigenvalue weighted by Crippen LogP contribution is -2.31. The highest BCUT2D eigenvalue weighted by Crippen LogP contribution is 2.36. The van der Waals surface area contributed by atoms with E-state index < -0.39 is 6.04 Å². The Morgan fingerprint density at radius 1 is 1.20 bits per heavy atom. The van der Waals surface area contributed by atoms with Gasteiger partial charge in [-0.25, -0.2) is 4.39 Å². The second kappa shape index (κ2) is 4.72. The van der Waals surface area contributed by atoms with Gasteiger partial charge >= 0.3 is 0 Å². The molecule has 0 aliphatic carbocycles. The van der Waals surface area contributed by atoms with Crippen LogP contribution in [0.15, 0.2) is 42.5 Å². The van der Waals surface area contributed by atoms with E-state index in [0.717, 1.165) is 22.4 Å². The summed E-state index contributed by atoms with van der Waals surface area (Å²) in [5, 5.41) is 0. The van der Waals surface area contributed by atoms with Crippen molar-refractivity contribution >= 4 is 11.6 Å². The fourth-order valence-corrected chi connectivity index (χ4v) is 2.52. The summed E-state index contributed by atoms with van der Waals surface area (Å²) in [7, 11) is 0. The molecule has 0 unspecified atom stereocenters. The van der Waals surface area contributed by atoms with Gasteiger partial charge < -0.3 is 10.6 Å². The van der Waals surface area contributed by atoms with Crippen molar-refractivity contribution in [2.24, 2.45) is 5.73 Å². The number of hydrogen-bond acceptors (Lipinski definition) is 2.